The number of fused-ring (bicyclic) bond motifs is 1. The number of hydrogen-bond acceptors (Lipinski definition) is 6. The van der Waals surface area contributed by atoms with Gasteiger partial charge in [0.1, 0.15) is 11.8 Å². The van der Waals surface area contributed by atoms with Gasteiger partial charge in [-0.1, -0.05) is 48.5 Å². The van der Waals surface area contributed by atoms with Gasteiger partial charge in [0, 0.05) is 35.2 Å². The van der Waals surface area contributed by atoms with E-state index >= 15 is 0 Å². The standard InChI is InChI=1S/C36H29N5O3/c1-2-44-28-17-14-24(15-18-28)29-9-3-4-10-30(29)36(43)40-27-16-13-25-21-26(23-39-33(25)22-27)35(42)41-34(31-11-5-7-19-37-31)32-12-6-8-20-38-32/h3-23,34H,2H2,1H3,(H,40,43)(H,41,42). The highest BCUT2D eigenvalue weighted by atomic mass is 16.5. The van der Waals surface area contributed by atoms with Crippen LogP contribution in [0.5, 0.6) is 5.75 Å². The Labute approximate surface area is 254 Å². The normalized spacial score (nSPS) is 10.9. The second-order valence-electron chi connectivity index (χ2n) is 10.0. The summed E-state index contributed by atoms with van der Waals surface area (Å²) in [5.74, 6) is 0.243. The van der Waals surface area contributed by atoms with Crippen molar-refractivity contribution < 1.29 is 14.3 Å². The van der Waals surface area contributed by atoms with Crippen LogP contribution < -0.4 is 15.4 Å². The fourth-order valence-corrected chi connectivity index (χ4v) is 4.96. The summed E-state index contributed by atoms with van der Waals surface area (Å²) in [7, 11) is 0. The molecule has 3 heterocycles. The Kier molecular flexibility index (Phi) is 8.32. The van der Waals surface area contributed by atoms with Crippen LogP contribution in [-0.4, -0.2) is 33.4 Å². The molecule has 0 saturated heterocycles. The van der Waals surface area contributed by atoms with E-state index in [2.05, 4.69) is 25.6 Å². The molecule has 3 aromatic carbocycles. The van der Waals surface area contributed by atoms with E-state index in [0.717, 1.165) is 22.3 Å². The highest BCUT2D eigenvalue weighted by molar-refractivity contribution is 6.09. The number of carbonyl (C=O) groups excluding carboxylic acids is 2. The molecule has 0 spiro atoms. The Balaban J connectivity index is 1.20. The molecule has 2 N–H and O–H groups in total. The Bertz CT molecular complexity index is 1870. The zero-order valence-corrected chi connectivity index (χ0v) is 24.0. The molecule has 0 aliphatic heterocycles. The highest BCUT2D eigenvalue weighted by Gasteiger charge is 2.21. The fraction of sp³-hybridized carbons (Fsp3) is 0.0833. The fourth-order valence-electron chi connectivity index (χ4n) is 4.96. The smallest absolute Gasteiger partial charge is 0.256 e. The van der Waals surface area contributed by atoms with E-state index in [1.165, 1.54) is 6.20 Å². The van der Waals surface area contributed by atoms with Crippen molar-refractivity contribution >= 4 is 28.4 Å². The van der Waals surface area contributed by atoms with E-state index in [-0.39, 0.29) is 11.8 Å². The summed E-state index contributed by atoms with van der Waals surface area (Å²) >= 11 is 0. The molecule has 0 atom stereocenters. The van der Waals surface area contributed by atoms with Crippen molar-refractivity contribution in [3.63, 3.8) is 0 Å². The summed E-state index contributed by atoms with van der Waals surface area (Å²) in [5.41, 5.74) is 5.28. The molecular formula is C36H29N5O3. The second kappa shape index (κ2) is 13.0. The van der Waals surface area contributed by atoms with Crippen LogP contribution in [0.2, 0.25) is 0 Å². The lowest BCUT2D eigenvalue weighted by Gasteiger charge is -2.18. The van der Waals surface area contributed by atoms with E-state index in [4.69, 9.17) is 4.74 Å². The number of carbonyl (C=O) groups is 2. The molecule has 0 aliphatic rings. The van der Waals surface area contributed by atoms with Gasteiger partial charge >= 0.3 is 0 Å². The van der Waals surface area contributed by atoms with Gasteiger partial charge in [-0.3, -0.25) is 24.5 Å². The van der Waals surface area contributed by atoms with Gasteiger partial charge in [-0.15, -0.1) is 0 Å². The van der Waals surface area contributed by atoms with E-state index in [1.54, 1.807) is 36.7 Å². The van der Waals surface area contributed by atoms with Crippen LogP contribution in [-0.2, 0) is 0 Å². The van der Waals surface area contributed by atoms with Crippen LogP contribution in [0.15, 0.2) is 128 Å². The van der Waals surface area contributed by atoms with Crippen molar-refractivity contribution in [3.05, 3.63) is 150 Å². The maximum absolute atomic E-state index is 13.4. The summed E-state index contributed by atoms with van der Waals surface area (Å²) in [5, 5.41) is 6.80. The first-order valence-corrected chi connectivity index (χ1v) is 14.2. The first-order valence-electron chi connectivity index (χ1n) is 14.2. The summed E-state index contributed by atoms with van der Waals surface area (Å²) in [6.45, 7) is 2.53. The zero-order chi connectivity index (χ0) is 30.3. The lowest BCUT2D eigenvalue weighted by Crippen LogP contribution is -2.30. The van der Waals surface area contributed by atoms with Gasteiger partial charge in [-0.05, 0) is 78.7 Å². The van der Waals surface area contributed by atoms with E-state index < -0.39 is 6.04 Å². The molecule has 8 nitrogen and oxygen atoms in total. The molecule has 2 amide bonds. The van der Waals surface area contributed by atoms with Crippen molar-refractivity contribution in [3.8, 4) is 16.9 Å². The number of nitrogens with zero attached hydrogens (tertiary/aromatic N) is 3. The number of amides is 2. The van der Waals surface area contributed by atoms with Gasteiger partial charge in [-0.25, -0.2) is 0 Å². The number of aromatic nitrogens is 3. The minimum atomic E-state index is -0.524. The summed E-state index contributed by atoms with van der Waals surface area (Å²) in [6, 6.07) is 32.9. The molecule has 44 heavy (non-hydrogen) atoms. The third-order valence-corrected chi connectivity index (χ3v) is 7.09. The molecule has 0 radical (unpaired) electrons. The first kappa shape index (κ1) is 28.2. The number of hydrogen-bond donors (Lipinski definition) is 2. The van der Waals surface area contributed by atoms with E-state index in [9.17, 15) is 9.59 Å². The topological polar surface area (TPSA) is 106 Å². The van der Waals surface area contributed by atoms with Gasteiger partial charge in [0.2, 0.25) is 0 Å². The minimum absolute atomic E-state index is 0.236. The van der Waals surface area contributed by atoms with Gasteiger partial charge < -0.3 is 15.4 Å². The van der Waals surface area contributed by atoms with Crippen LogP contribution in [0, 0.1) is 0 Å². The van der Waals surface area contributed by atoms with E-state index in [1.807, 2.05) is 91.9 Å². The Hall–Kier alpha value is -5.89. The Morgan fingerprint density at radius 1 is 0.750 bits per heavy atom. The van der Waals surface area contributed by atoms with Crippen molar-refractivity contribution in [2.75, 3.05) is 11.9 Å². The molecule has 0 aliphatic carbocycles. The molecule has 0 fully saturated rings. The molecule has 8 heteroatoms. The van der Waals surface area contributed by atoms with Crippen LogP contribution in [0.1, 0.15) is 45.1 Å². The molecule has 0 unspecified atom stereocenters. The van der Waals surface area contributed by atoms with Gasteiger partial charge in [0.15, 0.2) is 0 Å². The maximum Gasteiger partial charge on any atom is 0.256 e. The lowest BCUT2D eigenvalue weighted by atomic mass is 9.99. The molecule has 0 saturated carbocycles. The predicted molar refractivity (Wildman–Crippen MR) is 171 cm³/mol. The Morgan fingerprint density at radius 2 is 1.45 bits per heavy atom. The molecule has 3 aromatic heterocycles. The number of ether oxygens (including phenoxy) is 1. The number of rotatable bonds is 9. The van der Waals surface area contributed by atoms with Crippen LogP contribution in [0.25, 0.3) is 22.0 Å². The molecule has 216 valence electrons. The quantitative estimate of drug-likeness (QED) is 0.194. The lowest BCUT2D eigenvalue weighted by molar-refractivity contribution is 0.0940. The van der Waals surface area contributed by atoms with Crippen LogP contribution in [0.3, 0.4) is 0 Å². The number of anilines is 1. The average Bonchev–Trinajstić information content (AvgIpc) is 3.08. The van der Waals surface area contributed by atoms with Crippen molar-refractivity contribution in [2.24, 2.45) is 0 Å². The molecule has 0 bridgehead atoms. The monoisotopic (exact) mass is 579 g/mol. The highest BCUT2D eigenvalue weighted by Crippen LogP contribution is 2.27. The maximum atomic E-state index is 13.4. The van der Waals surface area contributed by atoms with Gasteiger partial charge in [0.25, 0.3) is 11.8 Å². The number of nitrogens with one attached hydrogen (secondary N) is 2. The predicted octanol–water partition coefficient (Wildman–Crippen LogP) is 6.86. The number of pyridine rings is 3. The van der Waals surface area contributed by atoms with E-state index in [0.29, 0.717) is 40.3 Å². The second-order valence-corrected chi connectivity index (χ2v) is 10.0. The zero-order valence-electron chi connectivity index (χ0n) is 24.0. The van der Waals surface area contributed by atoms with Gasteiger partial charge in [-0.2, -0.15) is 0 Å². The SMILES string of the molecule is CCOc1ccc(-c2ccccc2C(=O)Nc2ccc3cc(C(=O)NC(c4ccccn4)c4ccccn4)cnc3c2)cc1. The summed E-state index contributed by atoms with van der Waals surface area (Å²) in [4.78, 5) is 40.1. The van der Waals surface area contributed by atoms with Crippen LogP contribution in [0.4, 0.5) is 5.69 Å². The average molecular weight is 580 g/mol. The van der Waals surface area contributed by atoms with Crippen molar-refractivity contribution in [1.29, 1.82) is 0 Å². The summed E-state index contributed by atoms with van der Waals surface area (Å²) in [6.07, 6.45) is 4.90. The summed E-state index contributed by atoms with van der Waals surface area (Å²) < 4.78 is 5.55. The van der Waals surface area contributed by atoms with Crippen LogP contribution >= 0.6 is 0 Å². The van der Waals surface area contributed by atoms with Crippen molar-refractivity contribution in [2.45, 2.75) is 13.0 Å². The Morgan fingerprint density at radius 3 is 2.14 bits per heavy atom. The molecule has 6 aromatic rings. The number of benzene rings is 3. The molecule has 6 rings (SSSR count). The third kappa shape index (κ3) is 6.29. The minimum Gasteiger partial charge on any atom is -0.494 e. The largest absolute Gasteiger partial charge is 0.494 e. The van der Waals surface area contributed by atoms with Gasteiger partial charge in [0.05, 0.1) is 29.1 Å². The molecular weight excluding hydrogens is 550 g/mol. The van der Waals surface area contributed by atoms with Crippen molar-refractivity contribution in [1.82, 2.24) is 20.3 Å². The third-order valence-electron chi connectivity index (χ3n) is 7.09. The first-order chi connectivity index (χ1) is 21.6.